The number of rotatable bonds is 3. The fourth-order valence-corrected chi connectivity index (χ4v) is 3.75. The molecule has 0 unspecified atom stereocenters. The van der Waals surface area contributed by atoms with Crippen molar-refractivity contribution in [2.75, 3.05) is 33.3 Å². The maximum absolute atomic E-state index is 12.9. The molecule has 2 amide bonds. The molecule has 2 heterocycles. The minimum absolute atomic E-state index is 0.0161. The van der Waals surface area contributed by atoms with Crippen LogP contribution in [-0.2, 0) is 11.2 Å². The smallest absolute Gasteiger partial charge is 0.263 e. The summed E-state index contributed by atoms with van der Waals surface area (Å²) in [6.07, 6.45) is 1.11. The Kier molecular flexibility index (Phi) is 5.19. The molecule has 4 rings (SSSR count). The lowest BCUT2D eigenvalue weighted by Gasteiger charge is -2.37. The number of para-hydroxylation sites is 1. The molecule has 28 heavy (non-hydrogen) atoms. The Bertz CT molecular complexity index is 857. The highest BCUT2D eigenvalue weighted by molar-refractivity contribution is 5.94. The zero-order valence-corrected chi connectivity index (χ0v) is 16.0. The van der Waals surface area contributed by atoms with Crippen molar-refractivity contribution in [2.45, 2.75) is 18.9 Å². The van der Waals surface area contributed by atoms with Crippen LogP contribution in [0.25, 0.3) is 0 Å². The van der Waals surface area contributed by atoms with Crippen molar-refractivity contribution < 1.29 is 19.1 Å². The first-order chi connectivity index (χ1) is 13.7. The average Bonchev–Trinajstić information content (AvgIpc) is 2.78. The number of carbonyl (C=O) groups is 2. The normalized spacial score (nSPS) is 18.8. The Balaban J connectivity index is 1.33. The van der Waals surface area contributed by atoms with Crippen LogP contribution < -0.4 is 9.47 Å². The maximum atomic E-state index is 12.9. The van der Waals surface area contributed by atoms with Crippen LogP contribution in [0, 0.1) is 0 Å². The van der Waals surface area contributed by atoms with Gasteiger partial charge < -0.3 is 19.3 Å². The van der Waals surface area contributed by atoms with Crippen LogP contribution in [0.15, 0.2) is 48.5 Å². The molecule has 2 aromatic carbocycles. The van der Waals surface area contributed by atoms with Crippen LogP contribution >= 0.6 is 0 Å². The average molecular weight is 380 g/mol. The summed E-state index contributed by atoms with van der Waals surface area (Å²) < 4.78 is 11.1. The number of piperazine rings is 1. The van der Waals surface area contributed by atoms with E-state index in [-0.39, 0.29) is 11.8 Å². The van der Waals surface area contributed by atoms with Gasteiger partial charge in [-0.05, 0) is 48.7 Å². The molecule has 0 N–H and O–H groups in total. The molecule has 6 nitrogen and oxygen atoms in total. The lowest BCUT2D eigenvalue weighted by Crippen LogP contribution is -2.54. The number of hydrogen-bond acceptors (Lipinski definition) is 4. The van der Waals surface area contributed by atoms with Gasteiger partial charge in [-0.3, -0.25) is 9.59 Å². The van der Waals surface area contributed by atoms with Crippen molar-refractivity contribution in [1.29, 1.82) is 0 Å². The van der Waals surface area contributed by atoms with Gasteiger partial charge >= 0.3 is 0 Å². The van der Waals surface area contributed by atoms with Gasteiger partial charge in [-0.25, -0.2) is 0 Å². The molecule has 6 heteroatoms. The topological polar surface area (TPSA) is 59.1 Å². The third-order valence-electron chi connectivity index (χ3n) is 5.41. The lowest BCUT2D eigenvalue weighted by atomic mass is 10.0. The molecule has 0 aromatic heterocycles. The van der Waals surface area contributed by atoms with Crippen molar-refractivity contribution in [2.24, 2.45) is 0 Å². The molecule has 0 saturated carbocycles. The minimum Gasteiger partial charge on any atom is -0.497 e. The molecule has 2 aliphatic rings. The zero-order valence-electron chi connectivity index (χ0n) is 16.0. The van der Waals surface area contributed by atoms with E-state index in [1.807, 2.05) is 29.2 Å². The first-order valence-electron chi connectivity index (χ1n) is 9.62. The minimum atomic E-state index is -0.432. The van der Waals surface area contributed by atoms with Gasteiger partial charge in [0.15, 0.2) is 6.10 Å². The summed E-state index contributed by atoms with van der Waals surface area (Å²) in [7, 11) is 1.60. The van der Waals surface area contributed by atoms with E-state index in [1.165, 1.54) is 0 Å². The zero-order chi connectivity index (χ0) is 19.5. The number of nitrogens with zero attached hydrogens (tertiary/aromatic N) is 2. The van der Waals surface area contributed by atoms with Gasteiger partial charge in [0.1, 0.15) is 11.5 Å². The number of amides is 2. The quantitative estimate of drug-likeness (QED) is 0.820. The van der Waals surface area contributed by atoms with E-state index < -0.39 is 6.10 Å². The number of benzene rings is 2. The van der Waals surface area contributed by atoms with E-state index in [0.717, 1.165) is 23.5 Å². The monoisotopic (exact) mass is 380 g/mol. The largest absolute Gasteiger partial charge is 0.497 e. The van der Waals surface area contributed by atoms with Crippen molar-refractivity contribution in [3.63, 3.8) is 0 Å². The van der Waals surface area contributed by atoms with Crippen molar-refractivity contribution >= 4 is 11.8 Å². The molecule has 0 radical (unpaired) electrons. The van der Waals surface area contributed by atoms with E-state index in [1.54, 1.807) is 36.3 Å². The molecule has 0 spiro atoms. The Morgan fingerprint density at radius 1 is 0.964 bits per heavy atom. The summed E-state index contributed by atoms with van der Waals surface area (Å²) in [5, 5.41) is 0. The van der Waals surface area contributed by atoms with Gasteiger partial charge in [-0.1, -0.05) is 18.2 Å². The summed E-state index contributed by atoms with van der Waals surface area (Å²) in [5.41, 5.74) is 1.79. The van der Waals surface area contributed by atoms with Crippen LogP contribution in [0.5, 0.6) is 11.5 Å². The maximum Gasteiger partial charge on any atom is 0.263 e. The Morgan fingerprint density at radius 2 is 1.64 bits per heavy atom. The van der Waals surface area contributed by atoms with Crippen LogP contribution in [0.4, 0.5) is 0 Å². The predicted molar refractivity (Wildman–Crippen MR) is 105 cm³/mol. The number of ether oxygens (including phenoxy) is 2. The number of hydrogen-bond donors (Lipinski definition) is 0. The lowest BCUT2D eigenvalue weighted by molar-refractivity contribution is -0.141. The first kappa shape index (κ1) is 18.3. The molecule has 146 valence electrons. The summed E-state index contributed by atoms with van der Waals surface area (Å²) >= 11 is 0. The molecular weight excluding hydrogens is 356 g/mol. The Hall–Kier alpha value is -3.02. The Labute approximate surface area is 164 Å². The molecule has 2 aromatic rings. The molecular formula is C22H24N2O4. The number of aryl methyl sites for hydroxylation is 1. The van der Waals surface area contributed by atoms with Gasteiger partial charge in [0, 0.05) is 31.7 Å². The van der Waals surface area contributed by atoms with E-state index >= 15 is 0 Å². The van der Waals surface area contributed by atoms with Crippen molar-refractivity contribution in [3.8, 4) is 11.5 Å². The van der Waals surface area contributed by atoms with Crippen molar-refractivity contribution in [1.82, 2.24) is 9.80 Å². The van der Waals surface area contributed by atoms with Gasteiger partial charge in [0.25, 0.3) is 11.8 Å². The highest BCUT2D eigenvalue weighted by atomic mass is 16.5. The third kappa shape index (κ3) is 3.67. The first-order valence-corrected chi connectivity index (χ1v) is 9.62. The Morgan fingerprint density at radius 3 is 2.36 bits per heavy atom. The second-order valence-corrected chi connectivity index (χ2v) is 7.10. The van der Waals surface area contributed by atoms with Gasteiger partial charge in [-0.2, -0.15) is 0 Å². The molecule has 1 atom stereocenters. The van der Waals surface area contributed by atoms with Crippen LogP contribution in [0.1, 0.15) is 22.3 Å². The summed E-state index contributed by atoms with van der Waals surface area (Å²) in [4.78, 5) is 29.1. The van der Waals surface area contributed by atoms with Crippen LogP contribution in [0.2, 0.25) is 0 Å². The molecule has 0 bridgehead atoms. The molecule has 2 aliphatic heterocycles. The number of methoxy groups -OCH3 is 1. The fraction of sp³-hybridized carbons (Fsp3) is 0.364. The fourth-order valence-electron chi connectivity index (χ4n) is 3.75. The SMILES string of the molecule is COc1ccc(C(=O)N2CCN(C(=O)[C@@H]3CCc4ccccc4O3)CC2)cc1. The van der Waals surface area contributed by atoms with E-state index in [2.05, 4.69) is 0 Å². The van der Waals surface area contributed by atoms with Crippen molar-refractivity contribution in [3.05, 3.63) is 59.7 Å². The molecule has 1 fully saturated rings. The second-order valence-electron chi connectivity index (χ2n) is 7.10. The summed E-state index contributed by atoms with van der Waals surface area (Å²) in [6.45, 7) is 2.12. The third-order valence-corrected chi connectivity index (χ3v) is 5.41. The summed E-state index contributed by atoms with van der Waals surface area (Å²) in [5.74, 6) is 1.53. The predicted octanol–water partition coefficient (Wildman–Crippen LogP) is 2.37. The second kappa shape index (κ2) is 7.92. The standard InChI is InChI=1S/C22H24N2O4/c1-27-18-9-6-17(7-10-18)21(25)23-12-14-24(15-13-23)22(26)20-11-8-16-4-2-3-5-19(16)28-20/h2-7,9-10,20H,8,11-15H2,1H3/t20-/m0/s1. The van der Waals surface area contributed by atoms with Gasteiger partial charge in [0.05, 0.1) is 7.11 Å². The number of carbonyl (C=O) groups excluding carboxylic acids is 2. The number of fused-ring (bicyclic) bond motifs is 1. The van der Waals surface area contributed by atoms with Gasteiger partial charge in [-0.15, -0.1) is 0 Å². The van der Waals surface area contributed by atoms with Crippen LogP contribution in [-0.4, -0.2) is 61.0 Å². The highest BCUT2D eigenvalue weighted by Gasteiger charge is 2.32. The van der Waals surface area contributed by atoms with E-state index in [9.17, 15) is 9.59 Å². The van der Waals surface area contributed by atoms with E-state index in [4.69, 9.17) is 9.47 Å². The van der Waals surface area contributed by atoms with Gasteiger partial charge in [0.2, 0.25) is 0 Å². The highest BCUT2D eigenvalue weighted by Crippen LogP contribution is 2.28. The van der Waals surface area contributed by atoms with Crippen LogP contribution in [0.3, 0.4) is 0 Å². The van der Waals surface area contributed by atoms with E-state index in [0.29, 0.717) is 38.2 Å². The molecule has 1 saturated heterocycles. The molecule has 0 aliphatic carbocycles. The summed E-state index contributed by atoms with van der Waals surface area (Å²) in [6, 6.07) is 15.0.